The molecule has 0 N–H and O–H groups in total. The summed E-state index contributed by atoms with van der Waals surface area (Å²) >= 11 is 3.38. The maximum atomic E-state index is 10.6. The number of aryl methyl sites for hydroxylation is 1. The number of alkyl halides is 1. The molecular formula is C14H13BrN2O3. The molecule has 104 valence electrons. The number of benzene rings is 1. The lowest BCUT2D eigenvalue weighted by molar-refractivity contribution is -0.384. The van der Waals surface area contributed by atoms with Crippen molar-refractivity contribution < 1.29 is 9.66 Å². The van der Waals surface area contributed by atoms with Gasteiger partial charge in [0.15, 0.2) is 0 Å². The molecule has 0 amide bonds. The van der Waals surface area contributed by atoms with Gasteiger partial charge in [-0.05, 0) is 36.8 Å². The number of aromatic nitrogens is 1. The van der Waals surface area contributed by atoms with Crippen molar-refractivity contribution in [3.63, 3.8) is 0 Å². The maximum absolute atomic E-state index is 10.6. The molecule has 0 aliphatic carbocycles. The summed E-state index contributed by atoms with van der Waals surface area (Å²) in [4.78, 5) is 14.5. The molecule has 0 spiro atoms. The number of nitro benzene ring substituents is 1. The molecule has 0 aliphatic rings. The van der Waals surface area contributed by atoms with Crippen LogP contribution in [0.5, 0.6) is 5.75 Å². The molecule has 0 atom stereocenters. The first kappa shape index (κ1) is 14.5. The average molecular weight is 337 g/mol. The van der Waals surface area contributed by atoms with Gasteiger partial charge in [0.2, 0.25) is 0 Å². The van der Waals surface area contributed by atoms with Crippen molar-refractivity contribution in [2.75, 3.05) is 0 Å². The summed E-state index contributed by atoms with van der Waals surface area (Å²) in [7, 11) is 0. The van der Waals surface area contributed by atoms with Gasteiger partial charge in [0.1, 0.15) is 12.4 Å². The Morgan fingerprint density at radius 1 is 1.25 bits per heavy atom. The zero-order valence-electron chi connectivity index (χ0n) is 10.9. The highest BCUT2D eigenvalue weighted by Crippen LogP contribution is 2.21. The number of ether oxygens (including phenoxy) is 1. The van der Waals surface area contributed by atoms with E-state index in [9.17, 15) is 10.1 Å². The zero-order chi connectivity index (χ0) is 14.5. The van der Waals surface area contributed by atoms with Crippen LogP contribution in [0, 0.1) is 17.0 Å². The lowest BCUT2D eigenvalue weighted by atomic mass is 10.2. The maximum Gasteiger partial charge on any atom is 0.269 e. The van der Waals surface area contributed by atoms with Crippen molar-refractivity contribution in [2.45, 2.75) is 18.9 Å². The van der Waals surface area contributed by atoms with E-state index in [1.807, 2.05) is 19.1 Å². The number of non-ortho nitro benzene ring substituents is 1. The smallest absolute Gasteiger partial charge is 0.269 e. The Balaban J connectivity index is 2.06. The van der Waals surface area contributed by atoms with Crippen LogP contribution in [0.25, 0.3) is 0 Å². The summed E-state index contributed by atoms with van der Waals surface area (Å²) in [5.74, 6) is 0.714. The van der Waals surface area contributed by atoms with E-state index in [-0.39, 0.29) is 5.69 Å². The highest BCUT2D eigenvalue weighted by Gasteiger charge is 2.07. The molecule has 6 heteroatoms. The van der Waals surface area contributed by atoms with E-state index < -0.39 is 4.92 Å². The second-order valence-electron chi connectivity index (χ2n) is 4.24. The molecule has 20 heavy (non-hydrogen) atoms. The molecule has 0 saturated carbocycles. The SMILES string of the molecule is Cc1ccc(OCc2ccc([N+](=O)[O-])cc2)c(CBr)n1. The third-order valence-corrected chi connectivity index (χ3v) is 3.27. The Morgan fingerprint density at radius 3 is 2.55 bits per heavy atom. The van der Waals surface area contributed by atoms with E-state index in [1.165, 1.54) is 12.1 Å². The summed E-state index contributed by atoms with van der Waals surface area (Å²) in [5, 5.41) is 11.2. The minimum atomic E-state index is -0.419. The molecule has 1 aromatic carbocycles. The first-order chi connectivity index (χ1) is 9.60. The fourth-order valence-corrected chi connectivity index (χ4v) is 2.10. The minimum absolute atomic E-state index is 0.0758. The van der Waals surface area contributed by atoms with Gasteiger partial charge in [-0.2, -0.15) is 0 Å². The highest BCUT2D eigenvalue weighted by molar-refractivity contribution is 9.08. The number of hydrogen-bond acceptors (Lipinski definition) is 4. The highest BCUT2D eigenvalue weighted by atomic mass is 79.9. The number of nitrogens with zero attached hydrogens (tertiary/aromatic N) is 2. The molecule has 0 fully saturated rings. The number of halogens is 1. The number of nitro groups is 1. The normalized spacial score (nSPS) is 10.3. The first-order valence-corrected chi connectivity index (χ1v) is 7.11. The molecule has 1 aromatic heterocycles. The largest absolute Gasteiger partial charge is 0.487 e. The topological polar surface area (TPSA) is 65.3 Å². The second kappa shape index (κ2) is 6.47. The van der Waals surface area contributed by atoms with Gasteiger partial charge in [0.25, 0.3) is 5.69 Å². The third kappa shape index (κ3) is 3.54. The molecule has 0 unspecified atom stereocenters. The number of pyridine rings is 1. The van der Waals surface area contributed by atoms with Gasteiger partial charge in [-0.15, -0.1) is 0 Å². The Kier molecular flexibility index (Phi) is 4.68. The summed E-state index contributed by atoms with van der Waals surface area (Å²) in [6.45, 7) is 2.27. The lowest BCUT2D eigenvalue weighted by Crippen LogP contribution is -2.00. The second-order valence-corrected chi connectivity index (χ2v) is 4.80. The molecule has 2 rings (SSSR count). The first-order valence-electron chi connectivity index (χ1n) is 5.99. The summed E-state index contributed by atoms with van der Waals surface area (Å²) < 4.78 is 5.71. The van der Waals surface area contributed by atoms with E-state index >= 15 is 0 Å². The van der Waals surface area contributed by atoms with Crippen molar-refractivity contribution in [2.24, 2.45) is 0 Å². The third-order valence-electron chi connectivity index (χ3n) is 2.74. The van der Waals surface area contributed by atoms with Gasteiger partial charge in [-0.1, -0.05) is 15.9 Å². The van der Waals surface area contributed by atoms with Crippen LogP contribution in [0.15, 0.2) is 36.4 Å². The van der Waals surface area contributed by atoms with Crippen molar-refractivity contribution in [3.05, 3.63) is 63.5 Å². The van der Waals surface area contributed by atoms with Crippen LogP contribution in [-0.2, 0) is 11.9 Å². The van der Waals surface area contributed by atoms with Gasteiger partial charge < -0.3 is 4.74 Å². The van der Waals surface area contributed by atoms with Gasteiger partial charge in [0, 0.05) is 23.2 Å². The van der Waals surface area contributed by atoms with E-state index in [2.05, 4.69) is 20.9 Å². The van der Waals surface area contributed by atoms with Crippen LogP contribution >= 0.6 is 15.9 Å². The standard InChI is InChI=1S/C14H13BrN2O3/c1-10-2-7-14(13(8-15)16-10)20-9-11-3-5-12(6-4-11)17(18)19/h2-7H,8-9H2,1H3. The zero-order valence-corrected chi connectivity index (χ0v) is 12.5. The van der Waals surface area contributed by atoms with Crippen molar-refractivity contribution >= 4 is 21.6 Å². The summed E-state index contributed by atoms with van der Waals surface area (Å²) in [6.07, 6.45) is 0. The van der Waals surface area contributed by atoms with Gasteiger partial charge in [-0.25, -0.2) is 0 Å². The molecule has 0 aliphatic heterocycles. The van der Waals surface area contributed by atoms with Crippen molar-refractivity contribution in [3.8, 4) is 5.75 Å². The summed E-state index contributed by atoms with van der Waals surface area (Å²) in [6, 6.07) is 10.1. The Morgan fingerprint density at radius 2 is 1.95 bits per heavy atom. The van der Waals surface area contributed by atoms with Crippen LogP contribution in [0.2, 0.25) is 0 Å². The van der Waals surface area contributed by atoms with Crippen LogP contribution in [0.1, 0.15) is 17.0 Å². The molecule has 0 radical (unpaired) electrons. The summed E-state index contributed by atoms with van der Waals surface area (Å²) in [5.41, 5.74) is 2.72. The Hall–Kier alpha value is -1.95. The predicted octanol–water partition coefficient (Wildman–Crippen LogP) is 3.77. The van der Waals surface area contributed by atoms with E-state index in [0.29, 0.717) is 17.7 Å². The lowest BCUT2D eigenvalue weighted by Gasteiger charge is -2.10. The monoisotopic (exact) mass is 336 g/mol. The fraction of sp³-hybridized carbons (Fsp3) is 0.214. The van der Waals surface area contributed by atoms with E-state index in [1.54, 1.807) is 12.1 Å². The fourth-order valence-electron chi connectivity index (χ4n) is 1.70. The number of rotatable bonds is 5. The molecule has 1 heterocycles. The molecule has 0 saturated heterocycles. The average Bonchev–Trinajstić information content (AvgIpc) is 2.46. The quantitative estimate of drug-likeness (QED) is 0.473. The molecule has 2 aromatic rings. The molecule has 0 bridgehead atoms. The van der Waals surface area contributed by atoms with Gasteiger partial charge >= 0.3 is 0 Å². The van der Waals surface area contributed by atoms with Crippen molar-refractivity contribution in [1.82, 2.24) is 4.98 Å². The van der Waals surface area contributed by atoms with Crippen LogP contribution in [0.4, 0.5) is 5.69 Å². The molecular weight excluding hydrogens is 324 g/mol. The predicted molar refractivity (Wildman–Crippen MR) is 79.0 cm³/mol. The van der Waals surface area contributed by atoms with Crippen molar-refractivity contribution in [1.29, 1.82) is 0 Å². The van der Waals surface area contributed by atoms with Crippen LogP contribution in [-0.4, -0.2) is 9.91 Å². The van der Waals surface area contributed by atoms with Crippen LogP contribution < -0.4 is 4.74 Å². The Bertz CT molecular complexity index is 614. The van der Waals surface area contributed by atoms with E-state index in [4.69, 9.17) is 4.74 Å². The van der Waals surface area contributed by atoms with E-state index in [0.717, 1.165) is 17.0 Å². The number of hydrogen-bond donors (Lipinski definition) is 0. The minimum Gasteiger partial charge on any atom is -0.487 e. The molecule has 5 nitrogen and oxygen atoms in total. The van der Waals surface area contributed by atoms with Crippen LogP contribution in [0.3, 0.4) is 0 Å². The van der Waals surface area contributed by atoms with Gasteiger partial charge in [-0.3, -0.25) is 15.1 Å². The van der Waals surface area contributed by atoms with Gasteiger partial charge in [0.05, 0.1) is 10.6 Å². The Labute approximate surface area is 124 Å².